The number of carboxylic acids is 2. The lowest BCUT2D eigenvalue weighted by atomic mass is 9.80. The number of nitrogens with one attached hydrogen (secondary N) is 1. The quantitative estimate of drug-likeness (QED) is 0.132. The number of aromatic nitrogens is 3. The highest BCUT2D eigenvalue weighted by Gasteiger charge is 2.57. The summed E-state index contributed by atoms with van der Waals surface area (Å²) in [5.74, 6) is -4.24. The average Bonchev–Trinajstić information content (AvgIpc) is 3.51. The van der Waals surface area contributed by atoms with Crippen molar-refractivity contribution in [3.05, 3.63) is 40.2 Å². The molecule has 14 nitrogen and oxygen atoms in total. The van der Waals surface area contributed by atoms with Crippen molar-refractivity contribution in [1.82, 2.24) is 20.2 Å². The number of carboxylic acid groups (broad SMARTS) is 2. The molecule has 2 fully saturated rings. The molecule has 3 atom stereocenters. The second-order valence-electron chi connectivity index (χ2n) is 9.94. The van der Waals surface area contributed by atoms with Gasteiger partial charge in [0.05, 0.1) is 20.9 Å². The normalized spacial score (nSPS) is 23.2. The molecule has 2 unspecified atom stereocenters. The van der Waals surface area contributed by atoms with Crippen molar-refractivity contribution in [1.29, 1.82) is 0 Å². The van der Waals surface area contributed by atoms with Gasteiger partial charge < -0.3 is 30.9 Å². The van der Waals surface area contributed by atoms with Gasteiger partial charge in [0.15, 0.2) is 17.0 Å². The highest BCUT2D eigenvalue weighted by atomic mass is 32.2. The predicted octanol–water partition coefficient (Wildman–Crippen LogP) is 0.0660. The number of fused-ring (bicyclic) bond motifs is 2. The van der Waals surface area contributed by atoms with Gasteiger partial charge in [-0.15, -0.1) is 34.4 Å². The molecule has 1 saturated carbocycles. The van der Waals surface area contributed by atoms with Crippen molar-refractivity contribution in [2.45, 2.75) is 55.4 Å². The van der Waals surface area contributed by atoms with Crippen LogP contribution in [0.1, 0.15) is 36.9 Å². The number of carbonyl (C=O) groups is 4. The minimum Gasteiger partial charge on any atom is -0.543 e. The number of aliphatic carboxylic acids is 2. The maximum Gasteiger partial charge on any atom is 0.350 e. The Labute approximate surface area is 249 Å². The Morgan fingerprint density at radius 3 is 2.71 bits per heavy atom. The number of aryl methyl sites for hydroxylation is 1. The summed E-state index contributed by atoms with van der Waals surface area (Å²) in [6.07, 6.45) is 4.50. The van der Waals surface area contributed by atoms with E-state index in [-0.39, 0.29) is 35.1 Å². The van der Waals surface area contributed by atoms with Crippen molar-refractivity contribution < 1.29 is 38.8 Å². The summed E-state index contributed by atoms with van der Waals surface area (Å²) in [6, 6.07) is 0.726. The number of oxime groups is 1. The Kier molecular flexibility index (Phi) is 6.89. The Balaban J connectivity index is 1.28. The van der Waals surface area contributed by atoms with Crippen molar-refractivity contribution in [2.75, 3.05) is 5.73 Å². The van der Waals surface area contributed by atoms with Crippen LogP contribution in [0.4, 0.5) is 5.13 Å². The first-order valence-electron chi connectivity index (χ1n) is 12.7. The van der Waals surface area contributed by atoms with E-state index >= 15 is 0 Å². The number of hydrogen-bond acceptors (Lipinski definition) is 13. The summed E-state index contributed by atoms with van der Waals surface area (Å²) < 4.78 is 2.57. The van der Waals surface area contributed by atoms with E-state index in [1.54, 1.807) is 23.9 Å². The summed E-state index contributed by atoms with van der Waals surface area (Å²) in [5, 5.41) is 29.7. The van der Waals surface area contributed by atoms with Crippen LogP contribution in [0, 0.1) is 6.92 Å². The van der Waals surface area contributed by atoms with Gasteiger partial charge in [0.25, 0.3) is 11.8 Å². The van der Waals surface area contributed by atoms with E-state index in [0.29, 0.717) is 17.6 Å². The van der Waals surface area contributed by atoms with E-state index in [2.05, 4.69) is 20.4 Å². The largest absolute Gasteiger partial charge is 0.543 e. The summed E-state index contributed by atoms with van der Waals surface area (Å²) in [7, 11) is 0. The number of nitrogen functional groups attached to an aromatic ring is 1. The van der Waals surface area contributed by atoms with Crippen LogP contribution in [-0.2, 0) is 24.0 Å². The molecule has 2 aliphatic heterocycles. The van der Waals surface area contributed by atoms with Gasteiger partial charge >= 0.3 is 5.97 Å². The fourth-order valence-corrected chi connectivity index (χ4v) is 7.82. The van der Waals surface area contributed by atoms with Gasteiger partial charge in [-0.3, -0.25) is 14.5 Å². The van der Waals surface area contributed by atoms with E-state index in [9.17, 15) is 29.4 Å². The van der Waals surface area contributed by atoms with Crippen LogP contribution in [0.2, 0.25) is 0 Å². The van der Waals surface area contributed by atoms with E-state index in [0.717, 1.165) is 25.9 Å². The first kappa shape index (κ1) is 28.0. The summed E-state index contributed by atoms with van der Waals surface area (Å²) in [6.45, 7) is 3.68. The number of thioether (sulfide) groups is 1. The minimum atomic E-state index is -1.55. The molecular weight excluding hydrogens is 607 g/mol. The molecular formula is C25H23N7O7S3. The zero-order valence-corrected chi connectivity index (χ0v) is 24.5. The van der Waals surface area contributed by atoms with Gasteiger partial charge in [-0.05, 0) is 20.3 Å². The third-order valence-electron chi connectivity index (χ3n) is 7.29. The topological polar surface area (TPSA) is 204 Å². The lowest BCUT2D eigenvalue weighted by Crippen LogP contribution is -2.72. The number of carbonyl (C=O) groups excluding carboxylic acids is 3. The molecule has 1 saturated heterocycles. The highest BCUT2D eigenvalue weighted by molar-refractivity contribution is 8.01. The minimum absolute atomic E-state index is 0.0461. The van der Waals surface area contributed by atoms with Gasteiger partial charge in [-0.1, -0.05) is 5.16 Å². The van der Waals surface area contributed by atoms with Gasteiger partial charge in [0.2, 0.25) is 17.5 Å². The maximum absolute atomic E-state index is 13.4. The Bertz CT molecular complexity index is 1730. The molecule has 4 N–H and O–H groups in total. The lowest BCUT2D eigenvalue weighted by molar-refractivity contribution is -0.582. The Hall–Kier alpha value is -4.09. The number of pyridine rings is 1. The number of β-lactam (4-membered cyclic amide) rings is 1. The monoisotopic (exact) mass is 629 g/mol. The molecule has 42 heavy (non-hydrogen) atoms. The van der Waals surface area contributed by atoms with Gasteiger partial charge in [0, 0.05) is 24.3 Å². The lowest BCUT2D eigenvalue weighted by Gasteiger charge is -2.50. The Morgan fingerprint density at radius 2 is 2.10 bits per heavy atom. The fourth-order valence-electron chi connectivity index (χ4n) is 5.03. The Morgan fingerprint density at radius 1 is 1.33 bits per heavy atom. The average molecular weight is 630 g/mol. The van der Waals surface area contributed by atoms with Gasteiger partial charge in [0.1, 0.15) is 28.3 Å². The SMILES string of the molecule is Cc1nc2c[n+](C3=C(C(=O)[O-])N4C(=O)C(NC(=O)/C(=N\OC5(C(=O)O)CCC5)c5csc(N)n5)[C@H]4SC3C)ccc2s1. The number of hydrogen-bond donors (Lipinski definition) is 3. The van der Waals surface area contributed by atoms with Gasteiger partial charge in [-0.2, -0.15) is 4.57 Å². The zero-order valence-electron chi connectivity index (χ0n) is 22.1. The van der Waals surface area contributed by atoms with Crippen LogP contribution in [0.5, 0.6) is 0 Å². The molecule has 0 spiro atoms. The number of anilines is 1. The standard InChI is InChI=1S/C25H23N7O7S3/c1-10-17(31-7-4-14-12(8-31)27-11(2)42-14)18(22(35)36)32-20(34)16(21(32)41-10)29-19(33)15(13-9-40-24(26)28-13)30-39-25(23(37)38)5-3-6-25/h4,7-10,16,21H,3,5-6H2,1-2H3,(H4-,26,28,29,33,35,36,37,38)/b30-15-/t10?,16?,21-/m1/s1. The van der Waals surface area contributed by atoms with Crippen molar-refractivity contribution in [2.24, 2.45) is 5.16 Å². The molecule has 0 aromatic carbocycles. The molecule has 3 aromatic rings. The smallest absolute Gasteiger partial charge is 0.350 e. The third-order valence-corrected chi connectivity index (χ3v) is 10.3. The summed E-state index contributed by atoms with van der Waals surface area (Å²) in [4.78, 5) is 65.9. The maximum atomic E-state index is 13.4. The molecule has 17 heteroatoms. The predicted molar refractivity (Wildman–Crippen MR) is 151 cm³/mol. The van der Waals surface area contributed by atoms with Crippen molar-refractivity contribution >= 4 is 84.9 Å². The number of thiazole rings is 2. The molecule has 0 bridgehead atoms. The molecule has 3 aliphatic rings. The molecule has 6 rings (SSSR count). The van der Waals surface area contributed by atoms with Crippen LogP contribution < -0.4 is 20.7 Å². The molecule has 5 heterocycles. The number of rotatable bonds is 8. The number of amides is 2. The fraction of sp³-hybridized carbons (Fsp3) is 0.360. The highest BCUT2D eigenvalue weighted by Crippen LogP contribution is 2.44. The van der Waals surface area contributed by atoms with Crippen LogP contribution >= 0.6 is 34.4 Å². The van der Waals surface area contributed by atoms with Crippen LogP contribution in [0.3, 0.4) is 0 Å². The number of nitrogens with two attached hydrogens (primary N) is 1. The van der Waals surface area contributed by atoms with Crippen LogP contribution in [-0.4, -0.2) is 71.7 Å². The molecule has 218 valence electrons. The first-order chi connectivity index (χ1) is 20.0. The van der Waals surface area contributed by atoms with Gasteiger partial charge in [-0.25, -0.2) is 14.8 Å². The second kappa shape index (κ2) is 10.3. The molecule has 1 aliphatic carbocycles. The van der Waals surface area contributed by atoms with Crippen LogP contribution in [0.15, 0.2) is 34.7 Å². The van der Waals surface area contributed by atoms with Crippen molar-refractivity contribution in [3.8, 4) is 0 Å². The molecule has 0 radical (unpaired) electrons. The van der Waals surface area contributed by atoms with E-state index < -0.39 is 46.0 Å². The van der Waals surface area contributed by atoms with E-state index in [4.69, 9.17) is 10.6 Å². The number of nitrogens with zero attached hydrogens (tertiary/aromatic N) is 5. The van der Waals surface area contributed by atoms with E-state index in [1.165, 1.54) is 28.5 Å². The zero-order chi connectivity index (χ0) is 29.9. The second-order valence-corrected chi connectivity index (χ2v) is 13.5. The van der Waals surface area contributed by atoms with Crippen LogP contribution in [0.25, 0.3) is 15.9 Å². The first-order valence-corrected chi connectivity index (χ1v) is 15.4. The van der Waals surface area contributed by atoms with E-state index in [1.807, 2.05) is 13.0 Å². The third kappa shape index (κ3) is 4.57. The summed E-state index contributed by atoms with van der Waals surface area (Å²) >= 11 is 3.84. The molecule has 2 amide bonds. The summed E-state index contributed by atoms with van der Waals surface area (Å²) in [5.41, 5.74) is 4.61. The van der Waals surface area contributed by atoms with Crippen molar-refractivity contribution in [3.63, 3.8) is 0 Å². The molecule has 3 aromatic heterocycles.